The predicted molar refractivity (Wildman–Crippen MR) is 114 cm³/mol. The Kier molecular flexibility index (Phi) is 6.30. The van der Waals surface area contributed by atoms with Gasteiger partial charge in [0.15, 0.2) is 14.0 Å². The number of hydrogen-bond acceptors (Lipinski definition) is 5. The molecule has 8 heteroatoms. The number of hydrogen-bond donors (Lipinski definition) is 0. The molecule has 3 rings (SSSR count). The van der Waals surface area contributed by atoms with Gasteiger partial charge in [-0.1, -0.05) is 20.8 Å². The molecule has 0 aliphatic carbocycles. The second-order valence-electron chi connectivity index (χ2n) is 8.79. The van der Waals surface area contributed by atoms with E-state index < -0.39 is 8.32 Å². The Hall–Kier alpha value is -0.963. The lowest BCUT2D eigenvalue weighted by atomic mass is 10.1. The molecule has 27 heavy (non-hydrogen) atoms. The van der Waals surface area contributed by atoms with Gasteiger partial charge >= 0.3 is 0 Å². The maximum Gasteiger partial charge on any atom is 0.217 e. The van der Waals surface area contributed by atoms with E-state index in [4.69, 9.17) is 9.16 Å². The molecule has 0 amide bonds. The van der Waals surface area contributed by atoms with Crippen molar-refractivity contribution in [2.24, 2.45) is 0 Å². The normalized spacial score (nSPS) is 17.6. The predicted octanol–water partition coefficient (Wildman–Crippen LogP) is 4.36. The van der Waals surface area contributed by atoms with Crippen molar-refractivity contribution in [2.45, 2.75) is 57.8 Å². The van der Waals surface area contributed by atoms with Crippen molar-refractivity contribution in [3.63, 3.8) is 0 Å². The summed E-state index contributed by atoms with van der Waals surface area (Å²) in [7, 11) is -1.65. The van der Waals surface area contributed by atoms with Crippen molar-refractivity contribution in [1.29, 1.82) is 0 Å². The lowest BCUT2D eigenvalue weighted by Crippen LogP contribution is -2.44. The number of halogens is 1. The maximum absolute atomic E-state index is 6.31. The first-order valence-corrected chi connectivity index (χ1v) is 13.4. The Bertz CT molecular complexity index is 767. The molecule has 150 valence electrons. The average molecular weight is 455 g/mol. The van der Waals surface area contributed by atoms with Crippen molar-refractivity contribution >= 4 is 29.9 Å². The fourth-order valence-electron chi connectivity index (χ4n) is 2.96. The van der Waals surface area contributed by atoms with Crippen molar-refractivity contribution in [3.05, 3.63) is 22.9 Å². The van der Waals surface area contributed by atoms with Crippen LogP contribution >= 0.6 is 15.9 Å². The molecule has 6 nitrogen and oxygen atoms in total. The summed E-state index contributed by atoms with van der Waals surface area (Å²) in [5.41, 5.74) is 0.785. The summed E-state index contributed by atoms with van der Waals surface area (Å²) >= 11 is 3.47. The number of ether oxygens (including phenoxy) is 1. The second kappa shape index (κ2) is 8.19. The van der Waals surface area contributed by atoms with Crippen LogP contribution in [0.15, 0.2) is 22.9 Å². The molecule has 0 saturated carbocycles. The molecular formula is C19H31BrN4O2Si. The minimum Gasteiger partial charge on any atom is -0.474 e. The molecule has 1 aliphatic heterocycles. The molecular weight excluding hydrogens is 424 g/mol. The Morgan fingerprint density at radius 2 is 1.96 bits per heavy atom. The molecule has 3 heterocycles. The summed E-state index contributed by atoms with van der Waals surface area (Å²) in [5, 5.41) is 4.48. The summed E-state index contributed by atoms with van der Waals surface area (Å²) < 4.78 is 15.0. The first kappa shape index (κ1) is 20.8. The lowest BCUT2D eigenvalue weighted by Gasteiger charge is -2.37. The van der Waals surface area contributed by atoms with Crippen LogP contribution in [0.1, 0.15) is 33.6 Å². The Morgan fingerprint density at radius 3 is 2.63 bits per heavy atom. The van der Waals surface area contributed by atoms with E-state index >= 15 is 0 Å². The molecule has 1 saturated heterocycles. The van der Waals surface area contributed by atoms with Gasteiger partial charge in [-0.15, -0.1) is 0 Å². The van der Waals surface area contributed by atoms with Crippen molar-refractivity contribution in [2.75, 3.05) is 26.2 Å². The highest BCUT2D eigenvalue weighted by Crippen LogP contribution is 2.36. The van der Waals surface area contributed by atoms with Crippen LogP contribution in [0.25, 0.3) is 5.65 Å². The van der Waals surface area contributed by atoms with Gasteiger partial charge in [-0.3, -0.25) is 0 Å². The smallest absolute Gasteiger partial charge is 0.217 e. The van der Waals surface area contributed by atoms with Gasteiger partial charge in [0.2, 0.25) is 5.88 Å². The average Bonchev–Trinajstić information content (AvgIpc) is 2.96. The largest absolute Gasteiger partial charge is 0.474 e. The highest BCUT2D eigenvalue weighted by atomic mass is 79.9. The summed E-state index contributed by atoms with van der Waals surface area (Å²) in [6.07, 6.45) is 5.90. The fourth-order valence-corrected chi connectivity index (χ4v) is 4.35. The van der Waals surface area contributed by atoms with Gasteiger partial charge in [0.25, 0.3) is 0 Å². The molecule has 0 N–H and O–H groups in total. The SMILES string of the molecule is CC(C)(C)[Si](C)(C)OCCN1CCC(Oc2ccn3ncc(Br)c3n2)CC1. The van der Waals surface area contributed by atoms with Crippen LogP contribution in [0.2, 0.25) is 18.1 Å². The Balaban J connectivity index is 1.44. The number of fused-ring (bicyclic) bond motifs is 1. The highest BCUT2D eigenvalue weighted by molar-refractivity contribution is 9.10. The van der Waals surface area contributed by atoms with E-state index in [0.717, 1.165) is 49.2 Å². The van der Waals surface area contributed by atoms with E-state index in [1.54, 1.807) is 10.7 Å². The Morgan fingerprint density at radius 1 is 1.26 bits per heavy atom. The topological polar surface area (TPSA) is 51.9 Å². The molecule has 0 aromatic carbocycles. The highest BCUT2D eigenvalue weighted by Gasteiger charge is 2.37. The third-order valence-electron chi connectivity index (χ3n) is 5.80. The molecule has 2 aromatic rings. The number of aromatic nitrogens is 3. The Labute approximate surface area is 171 Å². The molecule has 0 unspecified atom stereocenters. The van der Waals surface area contributed by atoms with Crippen LogP contribution in [-0.2, 0) is 4.43 Å². The monoisotopic (exact) mass is 454 g/mol. The van der Waals surface area contributed by atoms with E-state index in [2.05, 4.69) is 64.8 Å². The molecule has 2 aromatic heterocycles. The molecule has 0 atom stereocenters. The fraction of sp³-hybridized carbons (Fsp3) is 0.684. The minimum atomic E-state index is -1.65. The van der Waals surface area contributed by atoms with Crippen LogP contribution in [0.4, 0.5) is 0 Å². The third-order valence-corrected chi connectivity index (χ3v) is 10.9. The summed E-state index contributed by atoms with van der Waals surface area (Å²) in [5.74, 6) is 0.670. The first-order chi connectivity index (χ1) is 12.7. The molecule has 1 aliphatic rings. The van der Waals surface area contributed by atoms with E-state index in [1.807, 2.05) is 12.3 Å². The van der Waals surface area contributed by atoms with Crippen LogP contribution in [0.5, 0.6) is 5.88 Å². The number of likely N-dealkylation sites (tertiary alicyclic amines) is 1. The van der Waals surface area contributed by atoms with E-state index in [9.17, 15) is 0 Å². The number of piperidine rings is 1. The lowest BCUT2D eigenvalue weighted by molar-refractivity contribution is 0.0870. The minimum absolute atomic E-state index is 0.221. The van der Waals surface area contributed by atoms with Gasteiger partial charge < -0.3 is 14.1 Å². The van der Waals surface area contributed by atoms with Crippen LogP contribution in [0, 0.1) is 0 Å². The quantitative estimate of drug-likeness (QED) is 0.606. The van der Waals surface area contributed by atoms with Gasteiger partial charge in [-0.25, -0.2) is 4.52 Å². The van der Waals surface area contributed by atoms with Gasteiger partial charge in [0, 0.05) is 38.5 Å². The molecule has 0 bridgehead atoms. The summed E-state index contributed by atoms with van der Waals surface area (Å²) in [6.45, 7) is 15.4. The molecule has 0 spiro atoms. The first-order valence-electron chi connectivity index (χ1n) is 9.68. The standard InChI is InChI=1S/C19H31BrN4O2Si/c1-19(2,3)27(4,5)25-13-12-23-9-6-15(7-10-23)26-17-8-11-24-18(22-17)16(20)14-21-24/h8,11,14-15H,6-7,9-10,12-13H2,1-5H3. The van der Waals surface area contributed by atoms with Gasteiger partial charge in [0.1, 0.15) is 6.10 Å². The van der Waals surface area contributed by atoms with Crippen molar-refractivity contribution in [3.8, 4) is 5.88 Å². The van der Waals surface area contributed by atoms with E-state index in [0.29, 0.717) is 5.88 Å². The van der Waals surface area contributed by atoms with Gasteiger partial charge in [-0.05, 0) is 46.9 Å². The number of rotatable bonds is 6. The molecule has 1 fully saturated rings. The van der Waals surface area contributed by atoms with Crippen molar-refractivity contribution < 1.29 is 9.16 Å². The zero-order chi connectivity index (χ0) is 19.7. The van der Waals surface area contributed by atoms with Gasteiger partial charge in [-0.2, -0.15) is 10.1 Å². The zero-order valence-corrected chi connectivity index (χ0v) is 19.6. The van der Waals surface area contributed by atoms with Crippen molar-refractivity contribution in [1.82, 2.24) is 19.5 Å². The van der Waals surface area contributed by atoms with Crippen LogP contribution < -0.4 is 4.74 Å². The molecule has 0 radical (unpaired) electrons. The zero-order valence-electron chi connectivity index (χ0n) is 17.0. The van der Waals surface area contributed by atoms with E-state index in [-0.39, 0.29) is 11.1 Å². The van der Waals surface area contributed by atoms with E-state index in [1.165, 1.54) is 0 Å². The summed E-state index contributed by atoms with van der Waals surface area (Å²) in [6, 6.07) is 1.88. The second-order valence-corrected chi connectivity index (χ2v) is 14.5. The van der Waals surface area contributed by atoms with Crippen LogP contribution in [-0.4, -0.2) is 60.2 Å². The maximum atomic E-state index is 6.31. The third kappa shape index (κ3) is 5.10. The summed E-state index contributed by atoms with van der Waals surface area (Å²) in [4.78, 5) is 7.03. The van der Waals surface area contributed by atoms with Gasteiger partial charge in [0.05, 0.1) is 10.7 Å². The van der Waals surface area contributed by atoms with Crippen LogP contribution in [0.3, 0.4) is 0 Å². The number of nitrogens with zero attached hydrogens (tertiary/aromatic N) is 4.